The Kier molecular flexibility index (Phi) is 75.8. The van der Waals surface area contributed by atoms with Crippen molar-refractivity contribution in [3.63, 3.8) is 0 Å². The Labute approximate surface area is 504 Å². The number of unbranched alkanes of at least 4 members (excludes halogenated alkanes) is 22. The molecule has 0 aromatic carbocycles. The molecule has 0 aliphatic carbocycles. The Morgan fingerprint density at radius 1 is 0.349 bits per heavy atom. The molecule has 0 spiro atoms. The van der Waals surface area contributed by atoms with Gasteiger partial charge in [-0.1, -0.05) is 141 Å². The quantitative estimate of drug-likeness (QED) is 0.0223. The van der Waals surface area contributed by atoms with Gasteiger partial charge in [0, 0.05) is 20.0 Å². The number of methoxy groups -OCH3 is 1. The van der Waals surface area contributed by atoms with Gasteiger partial charge in [-0.25, -0.2) is 0 Å². The van der Waals surface area contributed by atoms with Crippen molar-refractivity contribution in [2.75, 3.05) is 172 Å². The van der Waals surface area contributed by atoms with E-state index in [1.54, 1.807) is 0 Å². The van der Waals surface area contributed by atoms with E-state index in [4.69, 9.17) is 76.5 Å². The fourth-order valence-corrected chi connectivity index (χ4v) is 7.83. The van der Waals surface area contributed by atoms with Gasteiger partial charge in [0.1, 0.15) is 19.3 Å². The highest BCUT2D eigenvalue weighted by atomic mass is 16.7. The van der Waals surface area contributed by atoms with Crippen LogP contribution in [0.25, 0.3) is 0 Å². The lowest BCUT2D eigenvalue weighted by molar-refractivity contribution is -0.154. The maximum Gasteiger partial charge on any atom is 0.305 e. The minimum atomic E-state index is -0.967. The number of rotatable bonds is 69. The van der Waals surface area contributed by atoms with E-state index in [0.29, 0.717) is 152 Å². The number of hydrogen-bond acceptors (Lipinski definition) is 19. The number of aliphatic hydroxyl groups excluding tert-OH is 3. The highest BCUT2D eigenvalue weighted by Crippen LogP contribution is 2.13. The highest BCUT2D eigenvalue weighted by Gasteiger charge is 2.12. The van der Waals surface area contributed by atoms with Crippen LogP contribution in [0, 0.1) is 0 Å². The first-order valence-electron chi connectivity index (χ1n) is 32.4. The minimum absolute atomic E-state index is 0.0234. The second-order valence-corrected chi connectivity index (χ2v) is 20.3. The molecule has 494 valence electrons. The Morgan fingerprint density at radius 2 is 0.602 bits per heavy atom. The molecule has 19 heteroatoms. The molecule has 0 bridgehead atoms. The van der Waals surface area contributed by atoms with Gasteiger partial charge in [0.05, 0.1) is 152 Å². The lowest BCUT2D eigenvalue weighted by Gasteiger charge is -2.13. The maximum atomic E-state index is 11.9. The number of ether oxygens (including phenoxy) is 14. The Balaban J connectivity index is 0. The molecule has 83 heavy (non-hydrogen) atoms. The second kappa shape index (κ2) is 75.9. The van der Waals surface area contributed by atoms with E-state index < -0.39 is 12.4 Å². The normalized spacial score (nSPS) is 12.0. The molecule has 0 saturated heterocycles. The molecule has 1 unspecified atom stereocenters. The molecule has 0 aromatic heterocycles. The predicted octanol–water partition coefficient (Wildman–Crippen LogP) is 10.6. The third-order valence-electron chi connectivity index (χ3n) is 12.7. The zero-order valence-electron chi connectivity index (χ0n) is 52.8. The van der Waals surface area contributed by atoms with Crippen molar-refractivity contribution in [3.8, 4) is 0 Å². The van der Waals surface area contributed by atoms with Crippen LogP contribution in [-0.4, -0.2) is 212 Å². The fraction of sp³-hybridized carbons (Fsp3) is 0.906. The zero-order chi connectivity index (χ0) is 60.5. The van der Waals surface area contributed by atoms with Gasteiger partial charge in [-0.15, -0.1) is 0 Å². The predicted molar refractivity (Wildman–Crippen MR) is 326 cm³/mol. The van der Waals surface area contributed by atoms with Crippen molar-refractivity contribution in [1.82, 2.24) is 0 Å². The third kappa shape index (κ3) is 75.9. The van der Waals surface area contributed by atoms with Crippen LogP contribution in [-0.2, 0) is 75.9 Å². The van der Waals surface area contributed by atoms with Crippen LogP contribution in [0.2, 0.25) is 0 Å². The van der Waals surface area contributed by atoms with E-state index in [-0.39, 0.29) is 38.4 Å². The summed E-state index contributed by atoms with van der Waals surface area (Å²) >= 11 is 0. The van der Waals surface area contributed by atoms with E-state index in [1.165, 1.54) is 123 Å². The van der Waals surface area contributed by atoms with Crippen molar-refractivity contribution in [3.05, 3.63) is 24.3 Å². The summed E-state index contributed by atoms with van der Waals surface area (Å²) in [5, 5.41) is 27.4. The van der Waals surface area contributed by atoms with Crippen molar-refractivity contribution < 1.29 is 91.2 Å². The molecule has 3 N–H and O–H groups in total. The van der Waals surface area contributed by atoms with E-state index in [1.807, 2.05) is 0 Å². The molecular formula is C64H124O19. The van der Waals surface area contributed by atoms with Crippen molar-refractivity contribution in [2.24, 2.45) is 0 Å². The van der Waals surface area contributed by atoms with Crippen molar-refractivity contribution in [1.29, 1.82) is 0 Å². The number of carbonyl (C=O) groups is 2. The van der Waals surface area contributed by atoms with Crippen LogP contribution in [0.15, 0.2) is 24.3 Å². The number of hydrogen-bond donors (Lipinski definition) is 3. The lowest BCUT2D eigenvalue weighted by Crippen LogP contribution is -2.25. The monoisotopic (exact) mass is 1200 g/mol. The van der Waals surface area contributed by atoms with E-state index in [9.17, 15) is 14.7 Å². The minimum Gasteiger partial charge on any atom is -0.463 e. The summed E-state index contributed by atoms with van der Waals surface area (Å²) < 4.78 is 74.1. The van der Waals surface area contributed by atoms with Gasteiger partial charge in [0.15, 0.2) is 6.29 Å². The van der Waals surface area contributed by atoms with E-state index in [0.717, 1.165) is 51.4 Å². The van der Waals surface area contributed by atoms with Crippen LogP contribution >= 0.6 is 0 Å². The number of esters is 2. The van der Waals surface area contributed by atoms with Gasteiger partial charge in [-0.05, 0) is 64.2 Å². The number of aliphatic hydroxyl groups is 3. The molecule has 0 saturated carbocycles. The first-order valence-corrected chi connectivity index (χ1v) is 32.4. The van der Waals surface area contributed by atoms with Crippen LogP contribution < -0.4 is 0 Å². The maximum absolute atomic E-state index is 11.9. The molecular weight excluding hydrogens is 1070 g/mol. The molecule has 0 aromatic rings. The van der Waals surface area contributed by atoms with Gasteiger partial charge in [-0.3, -0.25) is 9.59 Å². The summed E-state index contributed by atoms with van der Waals surface area (Å²) in [6, 6.07) is 0. The van der Waals surface area contributed by atoms with Crippen molar-refractivity contribution >= 4 is 11.9 Å². The zero-order valence-corrected chi connectivity index (χ0v) is 52.8. The average Bonchev–Trinajstić information content (AvgIpc) is 3.49. The Morgan fingerprint density at radius 3 is 0.867 bits per heavy atom. The molecule has 0 heterocycles. The summed E-state index contributed by atoms with van der Waals surface area (Å²) in [5.41, 5.74) is 0. The van der Waals surface area contributed by atoms with Crippen LogP contribution in [0.3, 0.4) is 0 Å². The number of carbonyl (C=O) groups excluding carboxylic acids is 2. The van der Waals surface area contributed by atoms with Crippen molar-refractivity contribution in [2.45, 2.75) is 206 Å². The molecule has 19 nitrogen and oxygen atoms in total. The largest absolute Gasteiger partial charge is 0.463 e. The van der Waals surface area contributed by atoms with Crippen LogP contribution in [0.5, 0.6) is 0 Å². The summed E-state index contributed by atoms with van der Waals surface area (Å²) in [6.45, 7) is 14.0. The molecule has 0 aliphatic heterocycles. The van der Waals surface area contributed by atoms with E-state index >= 15 is 0 Å². The third-order valence-corrected chi connectivity index (χ3v) is 12.7. The average molecular weight is 1200 g/mol. The fourth-order valence-electron chi connectivity index (χ4n) is 7.83. The highest BCUT2D eigenvalue weighted by molar-refractivity contribution is 5.69. The van der Waals surface area contributed by atoms with Gasteiger partial charge < -0.3 is 81.6 Å². The molecule has 0 rings (SSSR count). The topological polar surface area (TPSA) is 224 Å². The van der Waals surface area contributed by atoms with Gasteiger partial charge in [0.2, 0.25) is 0 Å². The smallest absolute Gasteiger partial charge is 0.305 e. The molecule has 0 amide bonds. The van der Waals surface area contributed by atoms with E-state index in [2.05, 4.69) is 38.2 Å². The molecule has 0 aliphatic rings. The summed E-state index contributed by atoms with van der Waals surface area (Å²) in [4.78, 5) is 23.9. The molecule has 0 fully saturated rings. The molecule has 0 radical (unpaired) electrons. The first kappa shape index (κ1) is 82.9. The summed E-state index contributed by atoms with van der Waals surface area (Å²) in [6.07, 6.45) is 40.2. The molecule has 1 atom stereocenters. The SMILES string of the molecule is CCCCCCCC/C=C\CCCCCCCC(=O)OCC(O)COC(=O)CCCCCCC/C=C\CCCCCCCC.COC(CO)OCCOCCOCCOCCOCCOCCOCCOCCOCCOCCOCCO. The van der Waals surface area contributed by atoms with Gasteiger partial charge >= 0.3 is 11.9 Å². The summed E-state index contributed by atoms with van der Waals surface area (Å²) in [5.74, 6) is -0.581. The standard InChI is InChI=1S/C39H72O5.C25H52O14/c1-3-5-7-9-11-13-15-17-19-21-23-25-27-29-31-33-38(41)43-35-37(40)36-44-39(42)34-32-30-28-26-24-22-20-18-16-14-12-10-8-6-4-2;1-28-25(24-27)39-23-22-38-21-20-37-19-18-36-17-16-35-15-14-34-13-12-33-11-10-32-9-8-31-7-6-30-5-4-29-3-2-26/h17-20,37,40H,3-16,21-36H2,1-2H3;25-27H,2-24H2,1H3/b19-17-,20-18-;. The first-order chi connectivity index (χ1) is 40.9. The van der Waals surface area contributed by atoms with Gasteiger partial charge in [-0.2, -0.15) is 0 Å². The van der Waals surface area contributed by atoms with Crippen LogP contribution in [0.1, 0.15) is 194 Å². The summed E-state index contributed by atoms with van der Waals surface area (Å²) in [7, 11) is 1.47. The lowest BCUT2D eigenvalue weighted by atomic mass is 10.1. The Bertz CT molecular complexity index is 1240. The Hall–Kier alpha value is -2.18. The van der Waals surface area contributed by atoms with Gasteiger partial charge in [0.25, 0.3) is 0 Å². The second-order valence-electron chi connectivity index (χ2n) is 20.3. The number of allylic oxidation sites excluding steroid dienone is 4. The van der Waals surface area contributed by atoms with Crippen LogP contribution in [0.4, 0.5) is 0 Å².